The minimum Gasteiger partial charge on any atom is -0.341 e. The van der Waals surface area contributed by atoms with Crippen LogP contribution in [0.1, 0.15) is 16.7 Å². The molecule has 22 heavy (non-hydrogen) atoms. The molecule has 0 heterocycles. The largest absolute Gasteiger partial charge is 0.341 e. The number of carbonyl (C=O) groups excluding carboxylic acids is 1. The Morgan fingerprint density at radius 3 is 2.68 bits per heavy atom. The number of thioether (sulfide) groups is 1. The third-order valence-electron chi connectivity index (χ3n) is 3.37. The Morgan fingerprint density at radius 2 is 1.95 bits per heavy atom. The van der Waals surface area contributed by atoms with Gasteiger partial charge in [0, 0.05) is 24.4 Å². The summed E-state index contributed by atoms with van der Waals surface area (Å²) < 4.78 is 0. The molecule has 0 saturated heterocycles. The van der Waals surface area contributed by atoms with Crippen LogP contribution in [0.3, 0.4) is 0 Å². The number of rotatable bonds is 6. The summed E-state index contributed by atoms with van der Waals surface area (Å²) in [5.41, 5.74) is 3.48. The van der Waals surface area contributed by atoms with Crippen LogP contribution in [0.4, 0.5) is 0 Å². The van der Waals surface area contributed by atoms with Gasteiger partial charge in [-0.1, -0.05) is 59.6 Å². The van der Waals surface area contributed by atoms with Crippen LogP contribution in [0, 0.1) is 6.92 Å². The Balaban J connectivity index is 1.80. The van der Waals surface area contributed by atoms with Crippen molar-refractivity contribution in [2.75, 3.05) is 12.8 Å². The normalized spacial score (nSPS) is 10.5. The lowest BCUT2D eigenvalue weighted by Gasteiger charge is -2.18. The van der Waals surface area contributed by atoms with Gasteiger partial charge in [-0.2, -0.15) is 0 Å². The van der Waals surface area contributed by atoms with Crippen molar-refractivity contribution in [3.63, 3.8) is 0 Å². The van der Waals surface area contributed by atoms with Gasteiger partial charge in [0.15, 0.2) is 0 Å². The van der Waals surface area contributed by atoms with Gasteiger partial charge in [0.05, 0.1) is 5.75 Å². The molecule has 0 fully saturated rings. The van der Waals surface area contributed by atoms with E-state index in [0.29, 0.717) is 17.3 Å². The lowest BCUT2D eigenvalue weighted by Crippen LogP contribution is -2.27. The van der Waals surface area contributed by atoms with Gasteiger partial charge >= 0.3 is 0 Å². The van der Waals surface area contributed by atoms with Crippen LogP contribution in [-0.2, 0) is 17.1 Å². The fourth-order valence-corrected chi connectivity index (χ4v) is 3.25. The minimum absolute atomic E-state index is 0.123. The molecule has 116 valence electrons. The van der Waals surface area contributed by atoms with Crippen molar-refractivity contribution in [3.05, 3.63) is 70.2 Å². The standard InChI is InChI=1S/C18H20ClNOS/c1-14-6-5-7-15(10-14)12-22-13-18(21)20(2)11-16-8-3-4-9-17(16)19/h3-10H,11-13H2,1-2H3. The molecule has 0 N–H and O–H groups in total. The van der Waals surface area contributed by atoms with Crippen LogP contribution < -0.4 is 0 Å². The quantitative estimate of drug-likeness (QED) is 0.773. The fourth-order valence-electron chi connectivity index (χ4n) is 2.14. The Kier molecular flexibility index (Phi) is 6.34. The number of nitrogens with zero attached hydrogens (tertiary/aromatic N) is 1. The predicted molar refractivity (Wildman–Crippen MR) is 95.3 cm³/mol. The molecule has 0 spiro atoms. The van der Waals surface area contributed by atoms with Crippen LogP contribution in [0.15, 0.2) is 48.5 Å². The summed E-state index contributed by atoms with van der Waals surface area (Å²) >= 11 is 7.77. The van der Waals surface area contributed by atoms with Crippen molar-refractivity contribution in [2.45, 2.75) is 19.2 Å². The second-order valence-corrected chi connectivity index (χ2v) is 6.72. The van der Waals surface area contributed by atoms with Gasteiger partial charge in [0.25, 0.3) is 0 Å². The van der Waals surface area contributed by atoms with Crippen LogP contribution in [0.25, 0.3) is 0 Å². The van der Waals surface area contributed by atoms with Gasteiger partial charge in [-0.3, -0.25) is 4.79 Å². The van der Waals surface area contributed by atoms with E-state index in [0.717, 1.165) is 11.3 Å². The number of amides is 1. The number of carbonyl (C=O) groups is 1. The highest BCUT2D eigenvalue weighted by atomic mass is 35.5. The minimum atomic E-state index is 0.123. The van der Waals surface area contributed by atoms with E-state index < -0.39 is 0 Å². The maximum atomic E-state index is 12.2. The van der Waals surface area contributed by atoms with Crippen molar-refractivity contribution >= 4 is 29.3 Å². The number of benzene rings is 2. The van der Waals surface area contributed by atoms with Gasteiger partial charge in [0.2, 0.25) is 5.91 Å². The molecule has 0 radical (unpaired) electrons. The number of hydrogen-bond acceptors (Lipinski definition) is 2. The average Bonchev–Trinajstić information content (AvgIpc) is 2.49. The van der Waals surface area contributed by atoms with Crippen LogP contribution >= 0.6 is 23.4 Å². The highest BCUT2D eigenvalue weighted by Gasteiger charge is 2.11. The van der Waals surface area contributed by atoms with E-state index >= 15 is 0 Å². The van der Waals surface area contributed by atoms with E-state index in [-0.39, 0.29) is 5.91 Å². The third-order valence-corrected chi connectivity index (χ3v) is 4.73. The molecule has 2 nitrogen and oxygen atoms in total. The second kappa shape index (κ2) is 8.25. The zero-order valence-electron chi connectivity index (χ0n) is 12.9. The summed E-state index contributed by atoms with van der Waals surface area (Å²) in [5.74, 6) is 1.46. The molecule has 0 aliphatic heterocycles. The van der Waals surface area contributed by atoms with Crippen LogP contribution in [-0.4, -0.2) is 23.6 Å². The lowest BCUT2D eigenvalue weighted by atomic mass is 10.2. The molecule has 2 rings (SSSR count). The summed E-state index contributed by atoms with van der Waals surface area (Å²) in [6.45, 7) is 2.63. The van der Waals surface area contributed by atoms with Gasteiger partial charge < -0.3 is 4.90 Å². The Morgan fingerprint density at radius 1 is 1.18 bits per heavy atom. The van der Waals surface area contributed by atoms with E-state index in [4.69, 9.17) is 11.6 Å². The van der Waals surface area contributed by atoms with E-state index in [2.05, 4.69) is 31.2 Å². The van der Waals surface area contributed by atoms with Crippen molar-refractivity contribution < 1.29 is 4.79 Å². The van der Waals surface area contributed by atoms with Crippen molar-refractivity contribution in [1.82, 2.24) is 4.90 Å². The zero-order valence-corrected chi connectivity index (χ0v) is 14.5. The van der Waals surface area contributed by atoms with Gasteiger partial charge in [0.1, 0.15) is 0 Å². The zero-order chi connectivity index (χ0) is 15.9. The summed E-state index contributed by atoms with van der Waals surface area (Å²) in [6, 6.07) is 16.0. The van der Waals surface area contributed by atoms with Crippen molar-refractivity contribution in [2.24, 2.45) is 0 Å². The molecule has 0 aromatic heterocycles. The smallest absolute Gasteiger partial charge is 0.232 e. The topological polar surface area (TPSA) is 20.3 Å². The molecule has 2 aromatic rings. The second-order valence-electron chi connectivity index (χ2n) is 5.32. The first-order valence-corrected chi connectivity index (χ1v) is 8.70. The first-order valence-electron chi connectivity index (χ1n) is 7.17. The number of halogens is 1. The van der Waals surface area contributed by atoms with Crippen LogP contribution in [0.5, 0.6) is 0 Å². The SMILES string of the molecule is Cc1cccc(CSCC(=O)N(C)Cc2ccccc2Cl)c1. The molecule has 1 amide bonds. The van der Waals surface area contributed by atoms with Gasteiger partial charge in [-0.25, -0.2) is 0 Å². The molecular formula is C18H20ClNOS. The Labute approximate surface area is 141 Å². The molecule has 0 saturated carbocycles. The first-order chi connectivity index (χ1) is 10.6. The highest BCUT2D eigenvalue weighted by Crippen LogP contribution is 2.18. The Bertz CT molecular complexity index is 644. The number of aryl methyl sites for hydroxylation is 1. The molecular weight excluding hydrogens is 314 g/mol. The van der Waals surface area contributed by atoms with Crippen molar-refractivity contribution in [1.29, 1.82) is 0 Å². The van der Waals surface area contributed by atoms with E-state index in [1.165, 1.54) is 11.1 Å². The summed E-state index contributed by atoms with van der Waals surface area (Å²) in [5, 5.41) is 0.703. The van der Waals surface area contributed by atoms with Crippen LogP contribution in [0.2, 0.25) is 5.02 Å². The molecule has 4 heteroatoms. The maximum absolute atomic E-state index is 12.2. The lowest BCUT2D eigenvalue weighted by molar-refractivity contribution is -0.127. The first kappa shape index (κ1) is 16.9. The van der Waals surface area contributed by atoms with E-state index in [1.54, 1.807) is 16.7 Å². The van der Waals surface area contributed by atoms with Crippen molar-refractivity contribution in [3.8, 4) is 0 Å². The molecule has 0 unspecified atom stereocenters. The molecule has 0 aliphatic carbocycles. The molecule has 0 bridgehead atoms. The van der Waals surface area contributed by atoms with E-state index in [1.807, 2.05) is 31.3 Å². The summed E-state index contributed by atoms with van der Waals surface area (Å²) in [6.07, 6.45) is 0. The third kappa shape index (κ3) is 5.08. The maximum Gasteiger partial charge on any atom is 0.232 e. The fraction of sp³-hybridized carbons (Fsp3) is 0.278. The van der Waals surface area contributed by atoms with E-state index in [9.17, 15) is 4.79 Å². The average molecular weight is 334 g/mol. The van der Waals surface area contributed by atoms with Gasteiger partial charge in [-0.15, -0.1) is 11.8 Å². The molecule has 0 atom stereocenters. The Hall–Kier alpha value is -1.45. The summed E-state index contributed by atoms with van der Waals surface area (Å²) in [7, 11) is 1.82. The monoisotopic (exact) mass is 333 g/mol. The van der Waals surface area contributed by atoms with Gasteiger partial charge in [-0.05, 0) is 24.1 Å². The number of hydrogen-bond donors (Lipinski definition) is 0. The molecule has 0 aliphatic rings. The highest BCUT2D eigenvalue weighted by molar-refractivity contribution is 7.99. The summed E-state index contributed by atoms with van der Waals surface area (Å²) in [4.78, 5) is 13.9. The predicted octanol–water partition coefficient (Wildman–Crippen LogP) is 4.54. The molecule has 2 aromatic carbocycles.